The standard InChI is InChI=1S/C19H18F3NO2/c20-19(21,22)13-25-16-9-7-15(8-10-16)23-17(24)18(11-4-12-18)14-5-2-1-3-6-14/h1-3,5-10H,4,11-13H2,(H,23,24). The van der Waals surface area contributed by atoms with Crippen molar-refractivity contribution in [1.29, 1.82) is 0 Å². The summed E-state index contributed by atoms with van der Waals surface area (Å²) in [7, 11) is 0. The van der Waals surface area contributed by atoms with Gasteiger partial charge >= 0.3 is 6.18 Å². The summed E-state index contributed by atoms with van der Waals surface area (Å²) in [6.45, 7) is -1.34. The summed E-state index contributed by atoms with van der Waals surface area (Å²) in [5.41, 5.74) is 1.00. The zero-order valence-corrected chi connectivity index (χ0v) is 13.5. The molecule has 0 aromatic heterocycles. The average molecular weight is 349 g/mol. The molecule has 0 aliphatic heterocycles. The van der Waals surface area contributed by atoms with Crippen LogP contribution in [-0.2, 0) is 10.2 Å². The van der Waals surface area contributed by atoms with Gasteiger partial charge in [0, 0.05) is 5.69 Å². The Morgan fingerprint density at radius 2 is 1.68 bits per heavy atom. The molecule has 0 atom stereocenters. The molecule has 6 heteroatoms. The van der Waals surface area contributed by atoms with Gasteiger partial charge in [0.2, 0.25) is 5.91 Å². The topological polar surface area (TPSA) is 38.3 Å². The number of halogens is 3. The number of ether oxygens (including phenoxy) is 1. The predicted octanol–water partition coefficient (Wildman–Crippen LogP) is 4.69. The third kappa shape index (κ3) is 3.95. The maximum atomic E-state index is 12.8. The van der Waals surface area contributed by atoms with E-state index in [9.17, 15) is 18.0 Å². The minimum absolute atomic E-state index is 0.0890. The van der Waals surface area contributed by atoms with Crippen LogP contribution in [0.5, 0.6) is 5.75 Å². The van der Waals surface area contributed by atoms with Crippen LogP contribution in [0.3, 0.4) is 0 Å². The second-order valence-electron chi connectivity index (χ2n) is 6.18. The second-order valence-corrected chi connectivity index (χ2v) is 6.18. The van der Waals surface area contributed by atoms with Crippen molar-refractivity contribution in [3.63, 3.8) is 0 Å². The Hall–Kier alpha value is -2.50. The molecule has 132 valence electrons. The van der Waals surface area contributed by atoms with Gasteiger partial charge in [-0.15, -0.1) is 0 Å². The van der Waals surface area contributed by atoms with Gasteiger partial charge in [-0.25, -0.2) is 0 Å². The van der Waals surface area contributed by atoms with Crippen LogP contribution in [-0.4, -0.2) is 18.7 Å². The van der Waals surface area contributed by atoms with E-state index in [-0.39, 0.29) is 11.7 Å². The van der Waals surface area contributed by atoms with Crippen LogP contribution in [0.4, 0.5) is 18.9 Å². The molecule has 1 fully saturated rings. The van der Waals surface area contributed by atoms with Gasteiger partial charge in [-0.05, 0) is 42.7 Å². The molecule has 2 aromatic rings. The quantitative estimate of drug-likeness (QED) is 0.851. The number of hydrogen-bond donors (Lipinski definition) is 1. The van der Waals surface area contributed by atoms with E-state index < -0.39 is 18.2 Å². The number of benzene rings is 2. The zero-order valence-electron chi connectivity index (χ0n) is 13.5. The Balaban J connectivity index is 1.67. The van der Waals surface area contributed by atoms with Crippen LogP contribution >= 0.6 is 0 Å². The number of hydrogen-bond acceptors (Lipinski definition) is 2. The summed E-state index contributed by atoms with van der Waals surface area (Å²) < 4.78 is 41.1. The lowest BCUT2D eigenvalue weighted by Crippen LogP contribution is -2.45. The number of amides is 1. The first-order chi connectivity index (χ1) is 11.9. The number of nitrogens with one attached hydrogen (secondary N) is 1. The molecule has 0 spiro atoms. The molecule has 0 saturated heterocycles. The molecular weight excluding hydrogens is 331 g/mol. The fourth-order valence-electron chi connectivity index (χ4n) is 2.98. The SMILES string of the molecule is O=C(Nc1ccc(OCC(F)(F)F)cc1)C1(c2ccccc2)CCC1. The molecule has 2 aromatic carbocycles. The molecule has 25 heavy (non-hydrogen) atoms. The van der Waals surface area contributed by atoms with Crippen LogP contribution in [0.1, 0.15) is 24.8 Å². The van der Waals surface area contributed by atoms with Crippen molar-refractivity contribution in [1.82, 2.24) is 0 Å². The summed E-state index contributed by atoms with van der Waals surface area (Å²) in [5, 5.41) is 2.87. The van der Waals surface area contributed by atoms with E-state index in [0.29, 0.717) is 5.69 Å². The average Bonchev–Trinajstić information content (AvgIpc) is 2.53. The molecule has 1 aliphatic rings. The molecule has 1 aliphatic carbocycles. The Morgan fingerprint density at radius 1 is 1.04 bits per heavy atom. The lowest BCUT2D eigenvalue weighted by molar-refractivity contribution is -0.153. The number of rotatable bonds is 5. The van der Waals surface area contributed by atoms with Gasteiger partial charge in [-0.1, -0.05) is 36.8 Å². The first-order valence-corrected chi connectivity index (χ1v) is 8.06. The van der Waals surface area contributed by atoms with E-state index in [2.05, 4.69) is 10.1 Å². The Kier molecular flexibility index (Phi) is 4.70. The summed E-state index contributed by atoms with van der Waals surface area (Å²) >= 11 is 0. The van der Waals surface area contributed by atoms with Crippen molar-refractivity contribution in [2.24, 2.45) is 0 Å². The Labute approximate surface area is 143 Å². The van der Waals surface area contributed by atoms with E-state index in [4.69, 9.17) is 0 Å². The van der Waals surface area contributed by atoms with E-state index in [1.807, 2.05) is 30.3 Å². The van der Waals surface area contributed by atoms with Crippen LogP contribution in [0.2, 0.25) is 0 Å². The molecule has 0 heterocycles. The highest BCUT2D eigenvalue weighted by Gasteiger charge is 2.45. The highest BCUT2D eigenvalue weighted by Crippen LogP contribution is 2.44. The van der Waals surface area contributed by atoms with Crippen molar-refractivity contribution in [2.75, 3.05) is 11.9 Å². The molecule has 0 unspecified atom stereocenters. The smallest absolute Gasteiger partial charge is 0.422 e. The third-order valence-corrected chi connectivity index (χ3v) is 4.48. The van der Waals surface area contributed by atoms with E-state index in [1.165, 1.54) is 12.1 Å². The molecule has 0 radical (unpaired) electrons. The fraction of sp³-hybridized carbons (Fsp3) is 0.316. The lowest BCUT2D eigenvalue weighted by atomic mass is 9.64. The van der Waals surface area contributed by atoms with Crippen molar-refractivity contribution < 1.29 is 22.7 Å². The minimum Gasteiger partial charge on any atom is -0.484 e. The molecule has 0 bridgehead atoms. The van der Waals surface area contributed by atoms with E-state index in [1.54, 1.807) is 12.1 Å². The molecular formula is C19H18F3NO2. The zero-order chi connectivity index (χ0) is 17.9. The number of anilines is 1. The second kappa shape index (κ2) is 6.78. The van der Waals surface area contributed by atoms with Crippen molar-refractivity contribution in [2.45, 2.75) is 30.9 Å². The highest BCUT2D eigenvalue weighted by atomic mass is 19.4. The number of carbonyl (C=O) groups excluding carboxylic acids is 1. The number of carbonyl (C=O) groups is 1. The van der Waals surface area contributed by atoms with Crippen molar-refractivity contribution >= 4 is 11.6 Å². The summed E-state index contributed by atoms with van der Waals surface area (Å²) in [6.07, 6.45) is -1.81. The van der Waals surface area contributed by atoms with Crippen molar-refractivity contribution in [3.05, 3.63) is 60.2 Å². The third-order valence-electron chi connectivity index (χ3n) is 4.48. The molecule has 1 amide bonds. The maximum Gasteiger partial charge on any atom is 0.422 e. The van der Waals surface area contributed by atoms with Crippen LogP contribution in [0.15, 0.2) is 54.6 Å². The van der Waals surface area contributed by atoms with Gasteiger partial charge in [0.15, 0.2) is 6.61 Å². The predicted molar refractivity (Wildman–Crippen MR) is 88.6 cm³/mol. The first kappa shape index (κ1) is 17.3. The summed E-state index contributed by atoms with van der Waals surface area (Å²) in [6, 6.07) is 15.6. The Morgan fingerprint density at radius 3 is 2.20 bits per heavy atom. The number of alkyl halides is 3. The molecule has 1 N–H and O–H groups in total. The summed E-state index contributed by atoms with van der Waals surface area (Å²) in [4.78, 5) is 12.8. The molecule has 3 rings (SSSR count). The van der Waals surface area contributed by atoms with Crippen molar-refractivity contribution in [3.8, 4) is 5.75 Å². The van der Waals surface area contributed by atoms with Gasteiger partial charge in [-0.3, -0.25) is 4.79 Å². The van der Waals surface area contributed by atoms with Crippen LogP contribution in [0, 0.1) is 0 Å². The van der Waals surface area contributed by atoms with Gasteiger partial charge in [0.05, 0.1) is 5.41 Å². The fourth-order valence-corrected chi connectivity index (χ4v) is 2.98. The van der Waals surface area contributed by atoms with Gasteiger partial charge in [0.25, 0.3) is 0 Å². The molecule has 1 saturated carbocycles. The normalized spacial score (nSPS) is 16.0. The van der Waals surface area contributed by atoms with Crippen LogP contribution in [0.25, 0.3) is 0 Å². The molecule has 3 nitrogen and oxygen atoms in total. The Bertz CT molecular complexity index is 723. The van der Waals surface area contributed by atoms with E-state index in [0.717, 1.165) is 24.8 Å². The van der Waals surface area contributed by atoms with Gasteiger partial charge in [-0.2, -0.15) is 13.2 Å². The largest absolute Gasteiger partial charge is 0.484 e. The minimum atomic E-state index is -4.38. The van der Waals surface area contributed by atoms with Gasteiger partial charge in [0.1, 0.15) is 5.75 Å². The van der Waals surface area contributed by atoms with Crippen LogP contribution < -0.4 is 10.1 Å². The van der Waals surface area contributed by atoms with E-state index >= 15 is 0 Å². The maximum absolute atomic E-state index is 12.8. The highest BCUT2D eigenvalue weighted by molar-refractivity contribution is 5.99. The first-order valence-electron chi connectivity index (χ1n) is 8.06. The summed E-state index contributed by atoms with van der Waals surface area (Å²) in [5.74, 6) is 0.0191. The lowest BCUT2D eigenvalue weighted by Gasteiger charge is -2.40. The van der Waals surface area contributed by atoms with Gasteiger partial charge < -0.3 is 10.1 Å². The monoisotopic (exact) mass is 349 g/mol.